The Kier molecular flexibility index (Phi) is 8.03. The van der Waals surface area contributed by atoms with Gasteiger partial charge in [-0.25, -0.2) is 0 Å². The predicted octanol–water partition coefficient (Wildman–Crippen LogP) is 3.99. The first-order valence-corrected chi connectivity index (χ1v) is 10.9. The Balaban J connectivity index is 2.06. The summed E-state index contributed by atoms with van der Waals surface area (Å²) in [7, 11) is 4.27. The third-order valence-electron chi connectivity index (χ3n) is 5.44. The molecule has 0 saturated carbocycles. The van der Waals surface area contributed by atoms with Crippen molar-refractivity contribution >= 4 is 11.9 Å². The number of benzene rings is 2. The van der Waals surface area contributed by atoms with E-state index < -0.39 is 18.0 Å². The molecule has 0 aliphatic carbocycles. The van der Waals surface area contributed by atoms with E-state index in [9.17, 15) is 9.59 Å². The van der Waals surface area contributed by atoms with Gasteiger partial charge in [0, 0.05) is 12.0 Å². The number of carbonyl (C=O) groups is 2. The lowest BCUT2D eigenvalue weighted by atomic mass is 9.89. The molecule has 0 saturated heterocycles. The number of ether oxygens (including phenoxy) is 6. The van der Waals surface area contributed by atoms with Crippen molar-refractivity contribution in [3.05, 3.63) is 47.0 Å². The summed E-state index contributed by atoms with van der Waals surface area (Å²) >= 11 is 0. The molecule has 0 amide bonds. The molecule has 3 rings (SSSR count). The predicted molar refractivity (Wildman–Crippen MR) is 120 cm³/mol. The summed E-state index contributed by atoms with van der Waals surface area (Å²) in [5.41, 5.74) is 2.24. The summed E-state index contributed by atoms with van der Waals surface area (Å²) in [6.07, 6.45) is 0.00690. The van der Waals surface area contributed by atoms with Crippen LogP contribution in [0.3, 0.4) is 0 Å². The number of hydrogen-bond donors (Lipinski definition) is 0. The molecule has 1 heterocycles. The zero-order valence-corrected chi connectivity index (χ0v) is 19.6. The van der Waals surface area contributed by atoms with Crippen LogP contribution in [0.4, 0.5) is 0 Å². The summed E-state index contributed by atoms with van der Waals surface area (Å²) in [5, 5.41) is 0. The third-order valence-corrected chi connectivity index (χ3v) is 5.44. The highest BCUT2D eigenvalue weighted by Gasteiger charge is 2.43. The fourth-order valence-corrected chi connectivity index (χ4v) is 3.93. The van der Waals surface area contributed by atoms with Gasteiger partial charge in [0.05, 0.1) is 34.5 Å². The fraction of sp³-hybridized carbons (Fsp3) is 0.440. The van der Waals surface area contributed by atoms with Gasteiger partial charge in [0.1, 0.15) is 12.0 Å². The van der Waals surface area contributed by atoms with Gasteiger partial charge in [0.25, 0.3) is 0 Å². The SMILES string of the molecule is CCOc1cc(C2Oc3c(OCC)cc(CCC(=O)OC)cc3C2C(=O)OC)ccc1OC. The standard InChI is InChI=1S/C25H30O8/c1-6-31-19-14-16(9-10-18(19)28-3)23-22(25(27)30-5)17-12-15(8-11-21(26)29-4)13-20(32-7-2)24(17)33-23/h9-10,12-14,22-23H,6-8,11H2,1-5H3. The summed E-state index contributed by atoms with van der Waals surface area (Å²) in [6.45, 7) is 4.63. The van der Waals surface area contributed by atoms with Gasteiger partial charge < -0.3 is 28.4 Å². The molecule has 0 bridgehead atoms. The average molecular weight is 459 g/mol. The smallest absolute Gasteiger partial charge is 0.317 e. The highest BCUT2D eigenvalue weighted by Crippen LogP contribution is 2.52. The Labute approximate surface area is 193 Å². The van der Waals surface area contributed by atoms with E-state index in [1.165, 1.54) is 14.2 Å². The van der Waals surface area contributed by atoms with E-state index in [0.29, 0.717) is 48.2 Å². The molecular formula is C25H30O8. The molecule has 0 N–H and O–H groups in total. The van der Waals surface area contributed by atoms with Crippen LogP contribution in [0.1, 0.15) is 49.0 Å². The molecule has 33 heavy (non-hydrogen) atoms. The van der Waals surface area contributed by atoms with Crippen molar-refractivity contribution in [1.82, 2.24) is 0 Å². The van der Waals surface area contributed by atoms with Crippen LogP contribution in [0.2, 0.25) is 0 Å². The lowest BCUT2D eigenvalue weighted by Crippen LogP contribution is -2.20. The summed E-state index contributed by atoms with van der Waals surface area (Å²) in [6, 6.07) is 9.14. The van der Waals surface area contributed by atoms with Gasteiger partial charge in [-0.3, -0.25) is 9.59 Å². The minimum absolute atomic E-state index is 0.213. The van der Waals surface area contributed by atoms with E-state index in [1.807, 2.05) is 38.1 Å². The second-order valence-electron chi connectivity index (χ2n) is 7.40. The Morgan fingerprint density at radius 2 is 1.64 bits per heavy atom. The molecule has 8 heteroatoms. The highest BCUT2D eigenvalue weighted by molar-refractivity contribution is 5.82. The lowest BCUT2D eigenvalue weighted by molar-refractivity contribution is -0.144. The van der Waals surface area contributed by atoms with Crippen LogP contribution in [0.25, 0.3) is 0 Å². The molecular weight excluding hydrogens is 428 g/mol. The van der Waals surface area contributed by atoms with Gasteiger partial charge in [-0.2, -0.15) is 0 Å². The van der Waals surface area contributed by atoms with E-state index in [1.54, 1.807) is 13.2 Å². The molecule has 2 atom stereocenters. The summed E-state index contributed by atoms with van der Waals surface area (Å²) in [4.78, 5) is 24.6. The van der Waals surface area contributed by atoms with Gasteiger partial charge in [0.2, 0.25) is 0 Å². The van der Waals surface area contributed by atoms with Gasteiger partial charge in [-0.05, 0) is 49.6 Å². The molecule has 8 nitrogen and oxygen atoms in total. The minimum atomic E-state index is -0.717. The van der Waals surface area contributed by atoms with Gasteiger partial charge in [-0.1, -0.05) is 12.1 Å². The average Bonchev–Trinajstić information content (AvgIpc) is 3.22. The fourth-order valence-electron chi connectivity index (χ4n) is 3.93. The van der Waals surface area contributed by atoms with E-state index in [4.69, 9.17) is 28.4 Å². The second-order valence-corrected chi connectivity index (χ2v) is 7.40. The lowest BCUT2D eigenvalue weighted by Gasteiger charge is -2.19. The van der Waals surface area contributed by atoms with Crippen molar-refractivity contribution in [2.75, 3.05) is 34.5 Å². The molecule has 2 aromatic carbocycles. The minimum Gasteiger partial charge on any atom is -0.493 e. The zero-order valence-electron chi connectivity index (χ0n) is 19.6. The number of carbonyl (C=O) groups excluding carboxylic acids is 2. The molecule has 0 fully saturated rings. The molecule has 0 radical (unpaired) electrons. The van der Waals surface area contributed by atoms with Crippen LogP contribution in [0.15, 0.2) is 30.3 Å². The van der Waals surface area contributed by atoms with Crippen LogP contribution in [-0.4, -0.2) is 46.5 Å². The Bertz CT molecular complexity index is 1000. The number of esters is 2. The van der Waals surface area contributed by atoms with Crippen LogP contribution in [-0.2, 0) is 25.5 Å². The number of hydrogen-bond acceptors (Lipinski definition) is 8. The largest absolute Gasteiger partial charge is 0.493 e. The van der Waals surface area contributed by atoms with Crippen LogP contribution < -0.4 is 18.9 Å². The van der Waals surface area contributed by atoms with Crippen molar-refractivity contribution in [1.29, 1.82) is 0 Å². The first-order chi connectivity index (χ1) is 16.0. The molecule has 178 valence electrons. The van der Waals surface area contributed by atoms with Gasteiger partial charge in [-0.15, -0.1) is 0 Å². The second kappa shape index (κ2) is 10.9. The quantitative estimate of drug-likeness (QED) is 0.494. The maximum Gasteiger partial charge on any atom is 0.317 e. The summed E-state index contributed by atoms with van der Waals surface area (Å²) in [5.74, 6) is 0.701. The topological polar surface area (TPSA) is 89.5 Å². The Hall–Kier alpha value is -3.42. The van der Waals surface area contributed by atoms with Crippen molar-refractivity contribution < 1.29 is 38.0 Å². The normalized spacial score (nSPS) is 16.4. The monoisotopic (exact) mass is 458 g/mol. The van der Waals surface area contributed by atoms with E-state index in [0.717, 1.165) is 11.1 Å². The highest BCUT2D eigenvalue weighted by atomic mass is 16.5. The van der Waals surface area contributed by atoms with Crippen molar-refractivity contribution in [3.63, 3.8) is 0 Å². The molecule has 2 unspecified atom stereocenters. The van der Waals surface area contributed by atoms with Gasteiger partial charge >= 0.3 is 11.9 Å². The number of rotatable bonds is 10. The van der Waals surface area contributed by atoms with Crippen molar-refractivity contribution in [2.45, 2.75) is 38.7 Å². The van der Waals surface area contributed by atoms with E-state index in [2.05, 4.69) is 0 Å². The number of aryl methyl sites for hydroxylation is 1. The molecule has 1 aliphatic heterocycles. The summed E-state index contributed by atoms with van der Waals surface area (Å²) < 4.78 is 33.1. The Morgan fingerprint density at radius 1 is 0.909 bits per heavy atom. The first kappa shape index (κ1) is 24.2. The first-order valence-electron chi connectivity index (χ1n) is 10.9. The zero-order chi connectivity index (χ0) is 24.0. The van der Waals surface area contributed by atoms with Crippen molar-refractivity contribution in [3.8, 4) is 23.0 Å². The van der Waals surface area contributed by atoms with E-state index >= 15 is 0 Å². The molecule has 0 aromatic heterocycles. The van der Waals surface area contributed by atoms with Crippen LogP contribution in [0.5, 0.6) is 23.0 Å². The maximum atomic E-state index is 12.9. The molecule has 1 aliphatic rings. The molecule has 0 spiro atoms. The Morgan fingerprint density at radius 3 is 2.27 bits per heavy atom. The van der Waals surface area contributed by atoms with E-state index in [-0.39, 0.29) is 12.4 Å². The van der Waals surface area contributed by atoms with Gasteiger partial charge in [0.15, 0.2) is 23.0 Å². The third kappa shape index (κ3) is 5.16. The number of methoxy groups -OCH3 is 3. The van der Waals surface area contributed by atoms with Crippen LogP contribution >= 0.6 is 0 Å². The molecule has 2 aromatic rings. The van der Waals surface area contributed by atoms with Crippen molar-refractivity contribution in [2.24, 2.45) is 0 Å². The number of fused-ring (bicyclic) bond motifs is 1. The maximum absolute atomic E-state index is 12.9. The van der Waals surface area contributed by atoms with Crippen LogP contribution in [0, 0.1) is 0 Å².